The Morgan fingerprint density at radius 3 is 1.93 bits per heavy atom. The van der Waals surface area contributed by atoms with E-state index in [1.165, 1.54) is 77.5 Å². The van der Waals surface area contributed by atoms with Gasteiger partial charge >= 0.3 is 0 Å². The van der Waals surface area contributed by atoms with Gasteiger partial charge in [0, 0.05) is 12.1 Å². The van der Waals surface area contributed by atoms with E-state index in [-0.39, 0.29) is 23.0 Å². The summed E-state index contributed by atoms with van der Waals surface area (Å²) in [6.07, 6.45) is 12.2. The lowest BCUT2D eigenvalue weighted by molar-refractivity contribution is 0.378. The fraction of sp³-hybridized carbons (Fsp3) is 0.567. The molecule has 0 saturated heterocycles. The molecule has 2 aromatic carbocycles. The monoisotopic (exact) mass is 587 g/mol. The summed E-state index contributed by atoms with van der Waals surface area (Å²) in [7, 11) is 0.178. The molecule has 0 aliphatic rings. The minimum atomic E-state index is -4.23. The summed E-state index contributed by atoms with van der Waals surface area (Å²) in [5.41, 5.74) is 0.646. The van der Waals surface area contributed by atoms with Gasteiger partial charge in [-0.1, -0.05) is 95.0 Å². The Balaban J connectivity index is 1.78. The molecule has 11 heteroatoms. The minimum Gasteiger partial charge on any atom is -0.496 e. The highest BCUT2D eigenvalue weighted by molar-refractivity contribution is 7.93. The van der Waals surface area contributed by atoms with Gasteiger partial charge in [0.1, 0.15) is 22.9 Å². The molecule has 1 atom stereocenters. The van der Waals surface area contributed by atoms with E-state index in [4.69, 9.17) is 14.2 Å². The first-order valence-electron chi connectivity index (χ1n) is 14.5. The summed E-state index contributed by atoms with van der Waals surface area (Å²) in [6.45, 7) is 4.39. The average molecular weight is 588 g/mol. The zero-order valence-corrected chi connectivity index (χ0v) is 25.9. The maximum Gasteiger partial charge on any atom is 0.250 e. The van der Waals surface area contributed by atoms with E-state index in [0.29, 0.717) is 17.9 Å². The van der Waals surface area contributed by atoms with Gasteiger partial charge in [-0.05, 0) is 24.1 Å². The van der Waals surface area contributed by atoms with Crippen molar-refractivity contribution in [3.05, 3.63) is 53.9 Å². The van der Waals surface area contributed by atoms with Gasteiger partial charge in [0.2, 0.25) is 15.8 Å². The van der Waals surface area contributed by atoms with Crippen molar-refractivity contribution in [1.82, 2.24) is 20.2 Å². The maximum absolute atomic E-state index is 14.2. The average Bonchev–Trinajstić information content (AvgIpc) is 3.47. The summed E-state index contributed by atoms with van der Waals surface area (Å²) < 4.78 is 45.7. The van der Waals surface area contributed by atoms with Crippen molar-refractivity contribution in [1.29, 1.82) is 0 Å². The van der Waals surface area contributed by atoms with Crippen molar-refractivity contribution in [3.8, 4) is 17.2 Å². The van der Waals surface area contributed by atoms with Crippen LogP contribution in [0.5, 0.6) is 17.2 Å². The Bertz CT molecular complexity index is 1290. The molecule has 3 rings (SSSR count). The Kier molecular flexibility index (Phi) is 12.2. The zero-order chi connectivity index (χ0) is 29.7. The van der Waals surface area contributed by atoms with E-state index in [1.54, 1.807) is 43.3 Å². The SMILES string of the molecule is CCCCCCCCCCCCn1nnc(C(C)(c2ccccc2)S(=O)(=O)Nc2c(OC)cc(OC)cc2OC)n1. The van der Waals surface area contributed by atoms with E-state index in [0.717, 1.165) is 12.8 Å². The van der Waals surface area contributed by atoms with E-state index < -0.39 is 14.8 Å². The van der Waals surface area contributed by atoms with E-state index in [1.807, 2.05) is 6.07 Å². The molecular formula is C30H45N5O5S. The standard InChI is InChI=1S/C30H45N5O5S/c1-6-7-8-9-10-11-12-13-14-18-21-35-32-29(31-34-35)30(2,24-19-16-15-17-20-24)41(36,37)33-28-26(39-4)22-25(38-3)23-27(28)40-5/h15-17,19-20,22-23,33H,6-14,18,21H2,1-5H3. The van der Waals surface area contributed by atoms with Gasteiger partial charge in [-0.25, -0.2) is 8.42 Å². The van der Waals surface area contributed by atoms with Gasteiger partial charge in [0.05, 0.1) is 27.9 Å². The van der Waals surface area contributed by atoms with Crippen LogP contribution < -0.4 is 18.9 Å². The molecule has 1 aromatic heterocycles. The van der Waals surface area contributed by atoms with Crippen LogP contribution in [0.2, 0.25) is 0 Å². The summed E-state index contributed by atoms with van der Waals surface area (Å²) in [6, 6.07) is 12.0. The number of hydrogen-bond donors (Lipinski definition) is 1. The van der Waals surface area contributed by atoms with Crippen LogP contribution >= 0.6 is 0 Å². The van der Waals surface area contributed by atoms with Gasteiger partial charge in [-0.2, -0.15) is 4.80 Å². The van der Waals surface area contributed by atoms with Crippen molar-refractivity contribution < 1.29 is 22.6 Å². The second kappa shape index (κ2) is 15.6. The first-order chi connectivity index (χ1) is 19.8. The third kappa shape index (κ3) is 8.12. The Morgan fingerprint density at radius 2 is 1.39 bits per heavy atom. The van der Waals surface area contributed by atoms with Gasteiger partial charge in [0.25, 0.3) is 0 Å². The number of methoxy groups -OCH3 is 3. The Labute approximate surface area is 244 Å². The van der Waals surface area contributed by atoms with Crippen molar-refractivity contribution in [2.75, 3.05) is 26.1 Å². The lowest BCUT2D eigenvalue weighted by atomic mass is 10.00. The van der Waals surface area contributed by atoms with E-state index in [9.17, 15) is 8.42 Å². The molecule has 1 N–H and O–H groups in total. The number of benzene rings is 2. The fourth-order valence-corrected chi connectivity index (χ4v) is 6.22. The quantitative estimate of drug-likeness (QED) is 0.162. The molecule has 0 saturated carbocycles. The van der Waals surface area contributed by atoms with Crippen molar-refractivity contribution in [2.45, 2.75) is 89.3 Å². The predicted octanol–water partition coefficient (Wildman–Crippen LogP) is 6.33. The second-order valence-corrected chi connectivity index (χ2v) is 12.3. The molecule has 0 bridgehead atoms. The topological polar surface area (TPSA) is 117 Å². The number of tetrazole rings is 1. The van der Waals surface area contributed by atoms with Crippen LogP contribution in [0, 0.1) is 0 Å². The summed E-state index contributed by atoms with van der Waals surface area (Å²) in [5.74, 6) is 1.04. The van der Waals surface area contributed by atoms with E-state index >= 15 is 0 Å². The number of unbranched alkanes of at least 4 members (excludes halogenated alkanes) is 9. The lowest BCUT2D eigenvalue weighted by Gasteiger charge is -2.28. The molecule has 0 aliphatic heterocycles. The number of rotatable bonds is 19. The normalized spacial score (nSPS) is 13.0. The molecule has 0 aliphatic carbocycles. The fourth-order valence-electron chi connectivity index (χ4n) is 4.77. The smallest absolute Gasteiger partial charge is 0.250 e. The molecule has 0 fully saturated rings. The molecular weight excluding hydrogens is 542 g/mol. The van der Waals surface area contributed by atoms with Crippen LogP contribution in [0.25, 0.3) is 0 Å². The van der Waals surface area contributed by atoms with Crippen LogP contribution in [0.15, 0.2) is 42.5 Å². The van der Waals surface area contributed by atoms with Crippen LogP contribution in [-0.2, 0) is 21.3 Å². The number of ether oxygens (including phenoxy) is 3. The lowest BCUT2D eigenvalue weighted by Crippen LogP contribution is -2.39. The number of sulfonamides is 1. The highest BCUT2D eigenvalue weighted by Gasteiger charge is 2.47. The first kappa shape index (κ1) is 32.2. The third-order valence-corrected chi connectivity index (χ3v) is 9.37. The molecule has 1 unspecified atom stereocenters. The van der Waals surface area contributed by atoms with Crippen molar-refractivity contribution in [2.24, 2.45) is 0 Å². The number of aryl methyl sites for hydroxylation is 1. The van der Waals surface area contributed by atoms with Gasteiger partial charge < -0.3 is 14.2 Å². The first-order valence-corrected chi connectivity index (χ1v) is 15.9. The molecule has 0 radical (unpaired) electrons. The summed E-state index contributed by atoms with van der Waals surface area (Å²) >= 11 is 0. The predicted molar refractivity (Wildman–Crippen MR) is 161 cm³/mol. The van der Waals surface area contributed by atoms with Crippen LogP contribution in [0.1, 0.15) is 89.4 Å². The Morgan fingerprint density at radius 1 is 0.829 bits per heavy atom. The molecule has 0 amide bonds. The molecule has 1 heterocycles. The second-order valence-electron chi connectivity index (χ2n) is 10.3. The third-order valence-electron chi connectivity index (χ3n) is 7.40. The highest BCUT2D eigenvalue weighted by Crippen LogP contribution is 2.43. The van der Waals surface area contributed by atoms with Crippen LogP contribution in [0.4, 0.5) is 5.69 Å². The van der Waals surface area contributed by atoms with Crippen molar-refractivity contribution >= 4 is 15.7 Å². The number of hydrogen-bond acceptors (Lipinski definition) is 8. The summed E-state index contributed by atoms with van der Waals surface area (Å²) in [4.78, 5) is 1.49. The molecule has 41 heavy (non-hydrogen) atoms. The van der Waals surface area contributed by atoms with Crippen LogP contribution in [-0.4, -0.2) is 50.0 Å². The Hall–Kier alpha value is -3.34. The molecule has 226 valence electrons. The van der Waals surface area contributed by atoms with Gasteiger partial charge in [0.15, 0.2) is 4.75 Å². The highest BCUT2D eigenvalue weighted by atomic mass is 32.2. The molecule has 0 spiro atoms. The zero-order valence-electron chi connectivity index (χ0n) is 25.1. The molecule has 3 aromatic rings. The number of anilines is 1. The summed E-state index contributed by atoms with van der Waals surface area (Å²) in [5, 5.41) is 13.0. The van der Waals surface area contributed by atoms with E-state index in [2.05, 4.69) is 27.1 Å². The number of nitrogens with one attached hydrogen (secondary N) is 1. The van der Waals surface area contributed by atoms with Gasteiger partial charge in [-0.3, -0.25) is 4.72 Å². The number of nitrogens with zero attached hydrogens (tertiary/aromatic N) is 4. The van der Waals surface area contributed by atoms with Gasteiger partial charge in [-0.15, -0.1) is 10.2 Å². The molecule has 10 nitrogen and oxygen atoms in total. The van der Waals surface area contributed by atoms with Crippen LogP contribution in [0.3, 0.4) is 0 Å². The van der Waals surface area contributed by atoms with Crippen molar-refractivity contribution in [3.63, 3.8) is 0 Å². The maximum atomic E-state index is 14.2. The minimum absolute atomic E-state index is 0.0784. The largest absolute Gasteiger partial charge is 0.496 e. The number of aromatic nitrogens is 4.